The van der Waals surface area contributed by atoms with E-state index in [0.717, 1.165) is 12.8 Å². The number of benzene rings is 1. The number of halogens is 2. The molecule has 1 aromatic rings. The Morgan fingerprint density at radius 3 is 2.57 bits per heavy atom. The molecule has 0 amide bonds. The fourth-order valence-electron chi connectivity index (χ4n) is 2.46. The van der Waals surface area contributed by atoms with Gasteiger partial charge in [0.2, 0.25) is 0 Å². The molecule has 2 rings (SSSR count). The Morgan fingerprint density at radius 2 is 2.00 bits per heavy atom. The van der Waals surface area contributed by atoms with Crippen LogP contribution in [0.5, 0.6) is 0 Å². The highest BCUT2D eigenvalue weighted by Crippen LogP contribution is 2.28. The summed E-state index contributed by atoms with van der Waals surface area (Å²) in [6.45, 7) is 2.11. The van der Waals surface area contributed by atoms with Crippen molar-refractivity contribution in [2.75, 3.05) is 6.61 Å². The number of rotatable bonds is 4. The van der Waals surface area contributed by atoms with Crippen molar-refractivity contribution < 1.29 is 17.9 Å². The van der Waals surface area contributed by atoms with Crippen LogP contribution in [0.25, 0.3) is 0 Å². The van der Waals surface area contributed by atoms with Gasteiger partial charge in [-0.3, -0.25) is 0 Å². The van der Waals surface area contributed by atoms with Crippen LogP contribution in [0.1, 0.15) is 41.6 Å². The van der Waals surface area contributed by atoms with Crippen LogP contribution in [0.4, 0.5) is 0 Å². The van der Waals surface area contributed by atoms with E-state index in [1.54, 1.807) is 6.92 Å². The first-order chi connectivity index (χ1) is 9.79. The van der Waals surface area contributed by atoms with Gasteiger partial charge in [-0.1, -0.05) is 28.8 Å². The van der Waals surface area contributed by atoms with Gasteiger partial charge in [0.15, 0.2) is 0 Å². The largest absolute Gasteiger partial charge is 0.462 e. The van der Waals surface area contributed by atoms with E-state index in [1.807, 2.05) is 0 Å². The first-order valence-electron chi connectivity index (χ1n) is 6.71. The summed E-state index contributed by atoms with van der Waals surface area (Å²) >= 11 is 3.24. The molecule has 0 unspecified atom stereocenters. The molecule has 116 valence electrons. The van der Waals surface area contributed by atoms with E-state index < -0.39 is 15.0 Å². The molecule has 0 aliphatic heterocycles. The van der Waals surface area contributed by atoms with Crippen molar-refractivity contribution in [2.45, 2.75) is 37.5 Å². The summed E-state index contributed by atoms with van der Waals surface area (Å²) in [6, 6.07) is 2.64. The number of ether oxygens (including phenoxy) is 1. The maximum absolute atomic E-state index is 12.2. The molecule has 4 nitrogen and oxygen atoms in total. The molecule has 1 aliphatic rings. The highest BCUT2D eigenvalue weighted by atomic mass is 79.9. The van der Waals surface area contributed by atoms with Crippen LogP contribution >= 0.6 is 26.6 Å². The Morgan fingerprint density at radius 1 is 1.38 bits per heavy atom. The fraction of sp³-hybridized carbons (Fsp3) is 0.500. The van der Waals surface area contributed by atoms with E-state index in [2.05, 4.69) is 15.9 Å². The monoisotopic (exact) mass is 394 g/mol. The van der Waals surface area contributed by atoms with Crippen LogP contribution in [-0.4, -0.2) is 21.0 Å². The van der Waals surface area contributed by atoms with E-state index in [-0.39, 0.29) is 10.5 Å². The molecule has 0 bridgehead atoms. The van der Waals surface area contributed by atoms with Gasteiger partial charge in [-0.05, 0) is 43.4 Å². The molecule has 0 aromatic heterocycles. The summed E-state index contributed by atoms with van der Waals surface area (Å²) in [6.07, 6.45) is 4.50. The summed E-state index contributed by atoms with van der Waals surface area (Å²) in [4.78, 5) is 12.1. The fourth-order valence-corrected chi connectivity index (χ4v) is 3.85. The quantitative estimate of drug-likeness (QED) is 0.570. The Bertz CT molecular complexity index is 651. The van der Waals surface area contributed by atoms with Crippen molar-refractivity contribution in [3.63, 3.8) is 0 Å². The van der Waals surface area contributed by atoms with Gasteiger partial charge in [-0.2, -0.15) is 0 Å². The summed E-state index contributed by atoms with van der Waals surface area (Å²) in [5.74, 6) is -0.0973. The van der Waals surface area contributed by atoms with Crippen molar-refractivity contribution in [3.05, 3.63) is 27.7 Å². The van der Waals surface area contributed by atoms with Gasteiger partial charge in [0, 0.05) is 15.2 Å². The summed E-state index contributed by atoms with van der Waals surface area (Å²) < 4.78 is 28.7. The second kappa shape index (κ2) is 6.67. The van der Waals surface area contributed by atoms with Gasteiger partial charge < -0.3 is 4.74 Å². The molecule has 21 heavy (non-hydrogen) atoms. The molecule has 0 radical (unpaired) electrons. The minimum Gasteiger partial charge on any atom is -0.462 e. The van der Waals surface area contributed by atoms with Gasteiger partial charge in [0.25, 0.3) is 9.05 Å². The summed E-state index contributed by atoms with van der Waals surface area (Å²) in [5, 5.41) is 0. The number of carbonyl (C=O) groups is 1. The molecule has 0 atom stereocenters. The predicted octanol–water partition coefficient (Wildman–Crippen LogP) is 4.03. The van der Waals surface area contributed by atoms with Gasteiger partial charge in [0.05, 0.1) is 17.1 Å². The summed E-state index contributed by atoms with van der Waals surface area (Å²) in [5.41, 5.74) is 0.858. The van der Waals surface area contributed by atoms with E-state index in [1.165, 1.54) is 25.0 Å². The van der Waals surface area contributed by atoms with E-state index >= 15 is 0 Å². The molecule has 0 heterocycles. The molecule has 0 N–H and O–H groups in total. The molecular weight excluding hydrogens is 380 g/mol. The number of hydrogen-bond acceptors (Lipinski definition) is 4. The molecule has 1 fully saturated rings. The lowest BCUT2D eigenvalue weighted by Crippen LogP contribution is -2.14. The van der Waals surface area contributed by atoms with Crippen LogP contribution in [-0.2, 0) is 13.8 Å². The zero-order chi connectivity index (χ0) is 15.6. The third-order valence-electron chi connectivity index (χ3n) is 3.74. The lowest BCUT2D eigenvalue weighted by molar-refractivity contribution is 0.0441. The topological polar surface area (TPSA) is 60.4 Å². The second-order valence-electron chi connectivity index (χ2n) is 5.26. The molecule has 7 heteroatoms. The minimum absolute atomic E-state index is 0.116. The van der Waals surface area contributed by atoms with Crippen molar-refractivity contribution in [1.82, 2.24) is 0 Å². The zero-order valence-corrected chi connectivity index (χ0v) is 14.7. The molecule has 0 saturated heterocycles. The third kappa shape index (κ3) is 4.20. The second-order valence-corrected chi connectivity index (χ2v) is 8.68. The first kappa shape index (κ1) is 16.8. The van der Waals surface area contributed by atoms with Gasteiger partial charge in [0.1, 0.15) is 0 Å². The highest BCUT2D eigenvalue weighted by molar-refractivity contribution is 9.10. The van der Waals surface area contributed by atoms with Crippen molar-refractivity contribution in [1.29, 1.82) is 0 Å². The van der Waals surface area contributed by atoms with E-state index in [0.29, 0.717) is 22.6 Å². The van der Waals surface area contributed by atoms with Gasteiger partial charge >= 0.3 is 5.97 Å². The predicted molar refractivity (Wildman–Crippen MR) is 84.2 cm³/mol. The first-order valence-corrected chi connectivity index (χ1v) is 9.81. The lowest BCUT2D eigenvalue weighted by Gasteiger charge is -2.12. The Hall–Kier alpha value is -0.590. The van der Waals surface area contributed by atoms with Crippen LogP contribution in [0.3, 0.4) is 0 Å². The van der Waals surface area contributed by atoms with Crippen LogP contribution in [0.2, 0.25) is 0 Å². The standard InChI is InChI=1S/C14H16BrClO4S/c1-9-12(6-11(7-13(9)15)21(16,18)19)14(17)20-8-10-4-2-3-5-10/h6-7,10H,2-5,8H2,1H3. The van der Waals surface area contributed by atoms with E-state index in [4.69, 9.17) is 15.4 Å². The van der Waals surface area contributed by atoms with Crippen LogP contribution < -0.4 is 0 Å². The smallest absolute Gasteiger partial charge is 0.338 e. The maximum atomic E-state index is 12.2. The van der Waals surface area contributed by atoms with Crippen molar-refractivity contribution >= 4 is 41.6 Å². The summed E-state index contributed by atoms with van der Waals surface area (Å²) in [7, 11) is 1.45. The molecule has 1 aliphatic carbocycles. The third-order valence-corrected chi connectivity index (χ3v) is 5.90. The maximum Gasteiger partial charge on any atom is 0.338 e. The average Bonchev–Trinajstić information content (AvgIpc) is 2.91. The van der Waals surface area contributed by atoms with Crippen LogP contribution in [0, 0.1) is 12.8 Å². The molecular formula is C14H16BrClO4S. The SMILES string of the molecule is Cc1c(Br)cc(S(=O)(=O)Cl)cc1C(=O)OCC1CCCC1. The van der Waals surface area contributed by atoms with E-state index in [9.17, 15) is 13.2 Å². The Kier molecular flexibility index (Phi) is 5.33. The van der Waals surface area contributed by atoms with Gasteiger partial charge in [-0.15, -0.1) is 0 Å². The van der Waals surface area contributed by atoms with Gasteiger partial charge in [-0.25, -0.2) is 13.2 Å². The Balaban J connectivity index is 2.21. The number of hydrogen-bond donors (Lipinski definition) is 0. The lowest BCUT2D eigenvalue weighted by atomic mass is 10.1. The zero-order valence-electron chi connectivity index (χ0n) is 11.6. The van der Waals surface area contributed by atoms with Crippen LogP contribution in [0.15, 0.2) is 21.5 Å². The average molecular weight is 396 g/mol. The number of esters is 1. The van der Waals surface area contributed by atoms with Crippen molar-refractivity contribution in [3.8, 4) is 0 Å². The normalized spacial score (nSPS) is 16.1. The molecule has 1 saturated carbocycles. The Labute approximate surface area is 137 Å². The highest BCUT2D eigenvalue weighted by Gasteiger charge is 2.21. The molecule has 0 spiro atoms. The minimum atomic E-state index is -3.89. The number of carbonyl (C=O) groups excluding carboxylic acids is 1. The molecule has 1 aromatic carbocycles. The van der Waals surface area contributed by atoms with Crippen molar-refractivity contribution in [2.24, 2.45) is 5.92 Å².